The molecule has 1 heterocycles. The van der Waals surface area contributed by atoms with E-state index in [-0.39, 0.29) is 11.9 Å². The number of ether oxygens (including phenoxy) is 2. The third-order valence-electron chi connectivity index (χ3n) is 5.77. The van der Waals surface area contributed by atoms with Gasteiger partial charge in [-0.3, -0.25) is 4.79 Å². The minimum absolute atomic E-state index is 0.106. The summed E-state index contributed by atoms with van der Waals surface area (Å²) in [7, 11) is 0. The average Bonchev–Trinajstić information content (AvgIpc) is 3.19. The molecule has 1 atom stereocenters. The van der Waals surface area contributed by atoms with Gasteiger partial charge in [-0.15, -0.1) is 0 Å². The maximum absolute atomic E-state index is 13.0. The van der Waals surface area contributed by atoms with E-state index in [9.17, 15) is 4.79 Å². The van der Waals surface area contributed by atoms with Crippen molar-refractivity contribution in [3.05, 3.63) is 89.2 Å². The molecule has 0 saturated heterocycles. The van der Waals surface area contributed by atoms with Crippen molar-refractivity contribution in [2.75, 3.05) is 13.2 Å². The Morgan fingerprint density at radius 2 is 1.71 bits per heavy atom. The van der Waals surface area contributed by atoms with Crippen LogP contribution >= 0.6 is 0 Å². The van der Waals surface area contributed by atoms with Crippen molar-refractivity contribution in [3.63, 3.8) is 0 Å². The van der Waals surface area contributed by atoms with E-state index >= 15 is 0 Å². The molecule has 3 aromatic carbocycles. The van der Waals surface area contributed by atoms with Crippen LogP contribution in [-0.4, -0.2) is 28.7 Å². The molecule has 6 heteroatoms. The molecule has 0 aliphatic heterocycles. The average molecular weight is 458 g/mol. The zero-order valence-electron chi connectivity index (χ0n) is 20.2. The molecule has 0 saturated carbocycles. The Balaban J connectivity index is 1.54. The number of nitrogens with zero attached hydrogens (tertiary/aromatic N) is 2. The summed E-state index contributed by atoms with van der Waals surface area (Å²) in [5.41, 5.74) is 4.66. The number of carbonyl (C=O) groups is 1. The second-order valence-corrected chi connectivity index (χ2v) is 8.35. The number of nitrogens with one attached hydrogen (secondary N) is 1. The first-order valence-corrected chi connectivity index (χ1v) is 11.7. The van der Waals surface area contributed by atoms with Gasteiger partial charge in [0.15, 0.2) is 11.5 Å². The Hall–Kier alpha value is -3.80. The fraction of sp³-hybridized carbons (Fsp3) is 0.286. The van der Waals surface area contributed by atoms with Crippen LogP contribution in [0.2, 0.25) is 0 Å². The molecule has 176 valence electrons. The van der Waals surface area contributed by atoms with Crippen molar-refractivity contribution in [1.82, 2.24) is 14.9 Å². The smallest absolute Gasteiger partial charge is 0.252 e. The van der Waals surface area contributed by atoms with Gasteiger partial charge in [-0.2, -0.15) is 0 Å². The highest BCUT2D eigenvalue weighted by Gasteiger charge is 2.20. The Labute approximate surface area is 200 Å². The highest BCUT2D eigenvalue weighted by atomic mass is 16.5. The molecule has 1 amide bonds. The lowest BCUT2D eigenvalue weighted by atomic mass is 10.0. The number of benzene rings is 3. The van der Waals surface area contributed by atoms with Gasteiger partial charge in [0, 0.05) is 5.56 Å². The number of hydrogen-bond donors (Lipinski definition) is 1. The topological polar surface area (TPSA) is 65.4 Å². The number of aromatic nitrogens is 2. The zero-order valence-corrected chi connectivity index (χ0v) is 20.2. The lowest BCUT2D eigenvalue weighted by Gasteiger charge is -2.18. The molecule has 1 unspecified atom stereocenters. The van der Waals surface area contributed by atoms with Crippen LogP contribution in [0.5, 0.6) is 11.5 Å². The van der Waals surface area contributed by atoms with Gasteiger partial charge in [-0.25, -0.2) is 4.98 Å². The Bertz CT molecular complexity index is 1300. The van der Waals surface area contributed by atoms with E-state index in [4.69, 9.17) is 14.5 Å². The van der Waals surface area contributed by atoms with Gasteiger partial charge in [0.1, 0.15) is 12.4 Å². The highest BCUT2D eigenvalue weighted by Crippen LogP contribution is 2.27. The van der Waals surface area contributed by atoms with Gasteiger partial charge >= 0.3 is 0 Å². The SMILES string of the molecule is CCOc1ccccc1OCCn1c(C(C)NC(=O)c2ccc(C)cc2C)nc2ccccc21. The molecular weight excluding hydrogens is 426 g/mol. The number of carbonyl (C=O) groups excluding carboxylic acids is 1. The van der Waals surface area contributed by atoms with Crippen LogP contribution in [0.1, 0.15) is 47.2 Å². The van der Waals surface area contributed by atoms with Crippen molar-refractivity contribution in [1.29, 1.82) is 0 Å². The Morgan fingerprint density at radius 3 is 2.44 bits per heavy atom. The minimum atomic E-state index is -0.281. The number of fused-ring (bicyclic) bond motifs is 1. The summed E-state index contributed by atoms with van der Waals surface area (Å²) in [6.45, 7) is 9.50. The molecule has 6 nitrogen and oxygen atoms in total. The Kier molecular flexibility index (Phi) is 7.16. The number of amides is 1. The first-order valence-electron chi connectivity index (χ1n) is 11.7. The van der Waals surface area contributed by atoms with Gasteiger partial charge in [-0.1, -0.05) is 42.0 Å². The van der Waals surface area contributed by atoms with E-state index in [1.165, 1.54) is 0 Å². The number of hydrogen-bond acceptors (Lipinski definition) is 4. The normalized spacial score (nSPS) is 11.9. The number of aryl methyl sites for hydroxylation is 2. The number of rotatable bonds is 9. The molecule has 0 aliphatic rings. The molecule has 1 aromatic heterocycles. The van der Waals surface area contributed by atoms with Gasteiger partial charge in [0.2, 0.25) is 0 Å². The maximum atomic E-state index is 13.0. The molecule has 0 aliphatic carbocycles. The van der Waals surface area contributed by atoms with Crippen molar-refractivity contribution < 1.29 is 14.3 Å². The van der Waals surface area contributed by atoms with Gasteiger partial charge in [-0.05, 0) is 63.6 Å². The van der Waals surface area contributed by atoms with Gasteiger partial charge in [0.05, 0.1) is 30.2 Å². The Morgan fingerprint density at radius 1 is 1.00 bits per heavy atom. The predicted molar refractivity (Wildman–Crippen MR) is 135 cm³/mol. The molecule has 4 aromatic rings. The van der Waals surface area contributed by atoms with Crippen molar-refractivity contribution in [3.8, 4) is 11.5 Å². The monoisotopic (exact) mass is 457 g/mol. The molecule has 4 rings (SSSR count). The van der Waals surface area contributed by atoms with Crippen molar-refractivity contribution >= 4 is 16.9 Å². The van der Waals surface area contributed by atoms with Crippen LogP contribution in [-0.2, 0) is 6.54 Å². The van der Waals surface area contributed by atoms with Crippen molar-refractivity contribution in [2.45, 2.75) is 40.3 Å². The summed E-state index contributed by atoms with van der Waals surface area (Å²) in [6.07, 6.45) is 0. The maximum Gasteiger partial charge on any atom is 0.252 e. The highest BCUT2D eigenvalue weighted by molar-refractivity contribution is 5.96. The second-order valence-electron chi connectivity index (χ2n) is 8.35. The van der Waals surface area contributed by atoms with Gasteiger partial charge in [0.25, 0.3) is 5.91 Å². The molecule has 1 N–H and O–H groups in total. The molecular formula is C28H31N3O3. The van der Waals surface area contributed by atoms with E-state index in [0.29, 0.717) is 31.1 Å². The lowest BCUT2D eigenvalue weighted by molar-refractivity contribution is 0.0937. The van der Waals surface area contributed by atoms with Crippen LogP contribution in [0.15, 0.2) is 66.7 Å². The number of imidazole rings is 1. The molecule has 0 spiro atoms. The van der Waals surface area contributed by atoms with E-state index in [1.54, 1.807) is 0 Å². The summed E-state index contributed by atoms with van der Waals surface area (Å²) in [6, 6.07) is 21.2. The summed E-state index contributed by atoms with van der Waals surface area (Å²) in [5, 5.41) is 3.12. The molecule has 34 heavy (non-hydrogen) atoms. The molecule has 0 bridgehead atoms. The van der Waals surface area contributed by atoms with E-state index in [1.807, 2.05) is 94.4 Å². The van der Waals surface area contributed by atoms with Crippen LogP contribution in [0.25, 0.3) is 11.0 Å². The van der Waals surface area contributed by atoms with E-state index in [2.05, 4.69) is 9.88 Å². The fourth-order valence-corrected chi connectivity index (χ4v) is 4.16. The summed E-state index contributed by atoms with van der Waals surface area (Å²) in [5.74, 6) is 2.13. The predicted octanol–water partition coefficient (Wildman–Crippen LogP) is 5.62. The minimum Gasteiger partial charge on any atom is -0.490 e. The van der Waals surface area contributed by atoms with Crippen LogP contribution in [0.3, 0.4) is 0 Å². The van der Waals surface area contributed by atoms with Crippen LogP contribution < -0.4 is 14.8 Å². The largest absolute Gasteiger partial charge is 0.490 e. The number of para-hydroxylation sites is 4. The fourth-order valence-electron chi connectivity index (χ4n) is 4.16. The summed E-state index contributed by atoms with van der Waals surface area (Å²) < 4.78 is 13.8. The summed E-state index contributed by atoms with van der Waals surface area (Å²) in [4.78, 5) is 17.8. The first kappa shape index (κ1) is 23.4. The van der Waals surface area contributed by atoms with E-state index in [0.717, 1.165) is 33.7 Å². The molecule has 0 radical (unpaired) electrons. The van der Waals surface area contributed by atoms with E-state index < -0.39 is 0 Å². The standard InChI is InChI=1S/C28H31N3O3/c1-5-33-25-12-8-9-13-26(25)34-17-16-31-24-11-7-6-10-23(24)30-27(31)21(4)29-28(32)22-15-14-19(2)18-20(22)3/h6-15,18,21H,5,16-17H2,1-4H3,(H,29,32). The van der Waals surface area contributed by atoms with Crippen LogP contribution in [0.4, 0.5) is 0 Å². The summed E-state index contributed by atoms with van der Waals surface area (Å²) >= 11 is 0. The second kappa shape index (κ2) is 10.4. The molecule has 0 fully saturated rings. The van der Waals surface area contributed by atoms with Gasteiger partial charge < -0.3 is 19.4 Å². The lowest BCUT2D eigenvalue weighted by Crippen LogP contribution is -2.29. The van der Waals surface area contributed by atoms with Crippen LogP contribution in [0, 0.1) is 13.8 Å². The van der Waals surface area contributed by atoms with Crippen molar-refractivity contribution in [2.24, 2.45) is 0 Å². The third-order valence-corrected chi connectivity index (χ3v) is 5.77. The zero-order chi connectivity index (χ0) is 24.1. The first-order chi connectivity index (χ1) is 16.5. The third kappa shape index (κ3) is 5.06. The quantitative estimate of drug-likeness (QED) is 0.354.